The zero-order chi connectivity index (χ0) is 12.5. The number of nitrogens with zero attached hydrogens (tertiary/aromatic N) is 1. The van der Waals surface area contributed by atoms with Gasteiger partial charge in [0.15, 0.2) is 0 Å². The molecule has 1 atom stereocenters. The molecule has 94 valence electrons. The van der Waals surface area contributed by atoms with Crippen LogP contribution in [0.4, 0.5) is 0 Å². The van der Waals surface area contributed by atoms with Crippen LogP contribution in [0.5, 0.6) is 0 Å². The first-order chi connectivity index (χ1) is 8.78. The van der Waals surface area contributed by atoms with Gasteiger partial charge in [-0.2, -0.15) is 0 Å². The Morgan fingerprint density at radius 2 is 2.06 bits per heavy atom. The third kappa shape index (κ3) is 2.11. The predicted octanol–water partition coefficient (Wildman–Crippen LogP) is 3.73. The molecule has 1 saturated carbocycles. The number of aromatic nitrogens is 1. The van der Waals surface area contributed by atoms with E-state index in [-0.39, 0.29) is 0 Å². The smallest absolute Gasteiger partial charge is 0.0720 e. The number of hydrogen-bond acceptors (Lipinski definition) is 2. The molecule has 2 N–H and O–H groups in total. The Morgan fingerprint density at radius 3 is 2.72 bits per heavy atom. The van der Waals surface area contributed by atoms with Crippen molar-refractivity contribution in [3.8, 4) is 0 Å². The number of benzene rings is 1. The summed E-state index contributed by atoms with van der Waals surface area (Å²) in [5, 5.41) is 1.87. The molecular weight excluding hydrogens is 244 g/mol. The fraction of sp³-hybridized carbons (Fsp3) is 0.400. The monoisotopic (exact) mass is 260 g/mol. The Morgan fingerprint density at radius 1 is 1.28 bits per heavy atom. The van der Waals surface area contributed by atoms with E-state index in [2.05, 4.69) is 12.1 Å². The van der Waals surface area contributed by atoms with Crippen LogP contribution in [0.25, 0.3) is 10.9 Å². The number of nitrogens with two attached hydrogens (primary N) is 1. The molecule has 18 heavy (non-hydrogen) atoms. The second-order valence-corrected chi connectivity index (χ2v) is 5.54. The van der Waals surface area contributed by atoms with Crippen molar-refractivity contribution in [2.75, 3.05) is 6.54 Å². The van der Waals surface area contributed by atoms with Crippen molar-refractivity contribution in [3.63, 3.8) is 0 Å². The highest BCUT2D eigenvalue weighted by molar-refractivity contribution is 6.31. The predicted molar refractivity (Wildman–Crippen MR) is 75.9 cm³/mol. The van der Waals surface area contributed by atoms with Gasteiger partial charge in [-0.1, -0.05) is 30.2 Å². The molecule has 0 aliphatic heterocycles. The lowest BCUT2D eigenvalue weighted by molar-refractivity contribution is 0.261. The van der Waals surface area contributed by atoms with Crippen LogP contribution in [-0.4, -0.2) is 11.5 Å². The fourth-order valence-corrected chi connectivity index (χ4v) is 2.88. The molecule has 3 heteroatoms. The van der Waals surface area contributed by atoms with Crippen molar-refractivity contribution < 1.29 is 0 Å². The Bertz CT molecular complexity index is 563. The normalized spacial score (nSPS) is 17.7. The Balaban J connectivity index is 2.00. The van der Waals surface area contributed by atoms with E-state index >= 15 is 0 Å². The summed E-state index contributed by atoms with van der Waals surface area (Å²) in [6.07, 6.45) is 3.91. The number of fused-ring (bicyclic) bond motifs is 1. The van der Waals surface area contributed by atoms with E-state index in [9.17, 15) is 0 Å². The van der Waals surface area contributed by atoms with Gasteiger partial charge in [-0.3, -0.25) is 4.98 Å². The molecule has 0 radical (unpaired) electrons. The first-order valence-electron chi connectivity index (χ1n) is 6.54. The van der Waals surface area contributed by atoms with Crippen LogP contribution in [0.15, 0.2) is 30.3 Å². The van der Waals surface area contributed by atoms with Crippen LogP contribution in [0.1, 0.15) is 30.9 Å². The summed E-state index contributed by atoms with van der Waals surface area (Å²) in [6.45, 7) is 0.684. The minimum absolute atomic E-state index is 0.405. The molecule has 0 spiro atoms. The van der Waals surface area contributed by atoms with E-state index in [4.69, 9.17) is 22.3 Å². The number of halogens is 1. The highest BCUT2D eigenvalue weighted by atomic mass is 35.5. The zero-order valence-corrected chi connectivity index (χ0v) is 11.0. The van der Waals surface area contributed by atoms with Crippen LogP contribution >= 0.6 is 11.6 Å². The molecule has 1 aliphatic carbocycles. The minimum atomic E-state index is 0.405. The largest absolute Gasteiger partial charge is 0.330 e. The topological polar surface area (TPSA) is 38.9 Å². The lowest BCUT2D eigenvalue weighted by Crippen LogP contribution is -2.27. The van der Waals surface area contributed by atoms with Crippen LogP contribution in [0, 0.1) is 5.92 Å². The highest BCUT2D eigenvalue weighted by Gasteiger charge is 2.28. The number of hydrogen-bond donors (Lipinski definition) is 1. The second kappa shape index (κ2) is 4.87. The quantitative estimate of drug-likeness (QED) is 0.913. The summed E-state index contributed by atoms with van der Waals surface area (Å²) < 4.78 is 0. The van der Waals surface area contributed by atoms with Gasteiger partial charge in [-0.15, -0.1) is 0 Å². The van der Waals surface area contributed by atoms with Gasteiger partial charge in [0.05, 0.1) is 5.52 Å². The lowest BCUT2D eigenvalue weighted by atomic mass is 9.74. The molecule has 2 nitrogen and oxygen atoms in total. The third-order valence-electron chi connectivity index (χ3n) is 4.03. The van der Waals surface area contributed by atoms with E-state index in [0.717, 1.165) is 27.5 Å². The highest BCUT2D eigenvalue weighted by Crippen LogP contribution is 2.38. The van der Waals surface area contributed by atoms with Gasteiger partial charge in [0, 0.05) is 28.6 Å². The molecule has 3 rings (SSSR count). The van der Waals surface area contributed by atoms with Crippen molar-refractivity contribution in [2.24, 2.45) is 11.7 Å². The third-order valence-corrected chi connectivity index (χ3v) is 4.26. The molecule has 0 bridgehead atoms. The summed E-state index contributed by atoms with van der Waals surface area (Å²) in [4.78, 5) is 4.75. The van der Waals surface area contributed by atoms with Crippen LogP contribution in [-0.2, 0) is 0 Å². The van der Waals surface area contributed by atoms with Crippen LogP contribution in [0.3, 0.4) is 0 Å². The van der Waals surface area contributed by atoms with E-state index in [0.29, 0.717) is 12.5 Å². The molecule has 0 amide bonds. The summed E-state index contributed by atoms with van der Waals surface area (Å²) in [7, 11) is 0. The first-order valence-corrected chi connectivity index (χ1v) is 6.92. The van der Waals surface area contributed by atoms with Crippen molar-refractivity contribution in [1.29, 1.82) is 0 Å². The number of rotatable bonds is 3. The Hall–Kier alpha value is -1.12. The van der Waals surface area contributed by atoms with Gasteiger partial charge in [0.2, 0.25) is 0 Å². The van der Waals surface area contributed by atoms with Crippen molar-refractivity contribution in [3.05, 3.63) is 41.0 Å². The van der Waals surface area contributed by atoms with Crippen molar-refractivity contribution >= 4 is 22.5 Å². The maximum absolute atomic E-state index is 6.02. The molecular formula is C15H17ClN2. The average Bonchev–Trinajstić information content (AvgIpc) is 2.32. The van der Waals surface area contributed by atoms with Crippen LogP contribution in [0.2, 0.25) is 5.02 Å². The van der Waals surface area contributed by atoms with Gasteiger partial charge in [-0.25, -0.2) is 0 Å². The summed E-state index contributed by atoms with van der Waals surface area (Å²) >= 11 is 6.02. The van der Waals surface area contributed by atoms with E-state index in [1.165, 1.54) is 19.3 Å². The standard InChI is InChI=1S/C15H17ClN2/c16-12-6-4-11-5-7-14(18-15(11)8-12)13(9-17)10-2-1-3-10/h4-8,10,13H,1-3,9,17H2. The van der Waals surface area contributed by atoms with E-state index < -0.39 is 0 Å². The van der Waals surface area contributed by atoms with E-state index in [1.807, 2.05) is 18.2 Å². The SMILES string of the molecule is NCC(c1ccc2ccc(Cl)cc2n1)C1CCC1. The molecule has 2 aromatic rings. The average molecular weight is 261 g/mol. The van der Waals surface area contributed by atoms with Crippen molar-refractivity contribution in [1.82, 2.24) is 4.98 Å². The fourth-order valence-electron chi connectivity index (χ4n) is 2.71. The molecule has 1 aliphatic rings. The Labute approximate surface area is 112 Å². The summed E-state index contributed by atoms with van der Waals surface area (Å²) in [6, 6.07) is 10.1. The van der Waals surface area contributed by atoms with Gasteiger partial charge in [0.1, 0.15) is 0 Å². The van der Waals surface area contributed by atoms with E-state index in [1.54, 1.807) is 0 Å². The maximum Gasteiger partial charge on any atom is 0.0720 e. The van der Waals surface area contributed by atoms with Gasteiger partial charge in [0.25, 0.3) is 0 Å². The maximum atomic E-state index is 6.02. The first kappa shape index (κ1) is 11.9. The molecule has 1 fully saturated rings. The second-order valence-electron chi connectivity index (χ2n) is 5.11. The van der Waals surface area contributed by atoms with Gasteiger partial charge in [-0.05, 0) is 37.0 Å². The summed E-state index contributed by atoms with van der Waals surface area (Å²) in [5.74, 6) is 1.13. The van der Waals surface area contributed by atoms with Gasteiger partial charge >= 0.3 is 0 Å². The zero-order valence-electron chi connectivity index (χ0n) is 10.3. The molecule has 0 saturated heterocycles. The van der Waals surface area contributed by atoms with Crippen LogP contribution < -0.4 is 5.73 Å². The molecule has 1 heterocycles. The number of pyridine rings is 1. The summed E-state index contributed by atoms with van der Waals surface area (Å²) in [5.41, 5.74) is 8.02. The Kier molecular flexibility index (Phi) is 3.23. The molecule has 1 aromatic carbocycles. The molecule has 1 aromatic heterocycles. The minimum Gasteiger partial charge on any atom is -0.330 e. The van der Waals surface area contributed by atoms with Crippen molar-refractivity contribution in [2.45, 2.75) is 25.2 Å². The lowest BCUT2D eigenvalue weighted by Gasteiger charge is -2.32. The molecule has 1 unspecified atom stereocenters. The van der Waals surface area contributed by atoms with Gasteiger partial charge < -0.3 is 5.73 Å².